The van der Waals surface area contributed by atoms with Gasteiger partial charge in [-0.2, -0.15) is 0 Å². The van der Waals surface area contributed by atoms with Gasteiger partial charge < -0.3 is 4.74 Å². The second kappa shape index (κ2) is 7.38. The lowest BCUT2D eigenvalue weighted by molar-refractivity contribution is 0.0302. The van der Waals surface area contributed by atoms with E-state index in [1.54, 1.807) is 0 Å². The van der Waals surface area contributed by atoms with Gasteiger partial charge in [0.05, 0.1) is 0 Å². The summed E-state index contributed by atoms with van der Waals surface area (Å²) in [6, 6.07) is 10.5. The molecule has 2 atom stereocenters. The molecule has 1 heteroatoms. The number of allylic oxidation sites excluding steroid dienone is 1. The van der Waals surface area contributed by atoms with Gasteiger partial charge in [-0.05, 0) is 36.7 Å². The van der Waals surface area contributed by atoms with Crippen molar-refractivity contribution in [1.29, 1.82) is 0 Å². The van der Waals surface area contributed by atoms with Gasteiger partial charge in [0.1, 0.15) is 0 Å². The van der Waals surface area contributed by atoms with Crippen LogP contribution in [0.25, 0.3) is 6.08 Å². The molecule has 0 aliphatic carbocycles. The number of ether oxygens (including phenoxy) is 1. The first-order valence-electron chi connectivity index (χ1n) is 7.19. The molecule has 1 saturated heterocycles. The van der Waals surface area contributed by atoms with Gasteiger partial charge in [-0.25, -0.2) is 0 Å². The van der Waals surface area contributed by atoms with Crippen LogP contribution in [0.2, 0.25) is 0 Å². The largest absolute Gasteiger partial charge is 0.381 e. The zero-order valence-corrected chi connectivity index (χ0v) is 11.3. The quantitative estimate of drug-likeness (QED) is 0.738. The van der Waals surface area contributed by atoms with Crippen molar-refractivity contribution in [1.82, 2.24) is 0 Å². The van der Waals surface area contributed by atoms with Crippen molar-refractivity contribution in [3.63, 3.8) is 0 Å². The van der Waals surface area contributed by atoms with Gasteiger partial charge in [-0.1, -0.05) is 55.8 Å². The second-order valence-electron chi connectivity index (χ2n) is 5.19. The van der Waals surface area contributed by atoms with E-state index in [1.165, 1.54) is 31.2 Å². The van der Waals surface area contributed by atoms with Crippen LogP contribution in [0.1, 0.15) is 38.2 Å². The van der Waals surface area contributed by atoms with Gasteiger partial charge >= 0.3 is 0 Å². The molecule has 98 valence electrons. The molecule has 1 fully saturated rings. The summed E-state index contributed by atoms with van der Waals surface area (Å²) in [5.41, 5.74) is 1.30. The fourth-order valence-corrected chi connectivity index (χ4v) is 2.77. The second-order valence-corrected chi connectivity index (χ2v) is 5.19. The minimum atomic E-state index is 0.768. The van der Waals surface area contributed by atoms with Crippen LogP contribution < -0.4 is 0 Å². The Morgan fingerprint density at radius 3 is 2.83 bits per heavy atom. The molecule has 0 spiro atoms. The summed E-state index contributed by atoms with van der Waals surface area (Å²) < 4.78 is 5.61. The highest BCUT2D eigenvalue weighted by Gasteiger charge is 2.21. The van der Waals surface area contributed by atoms with Gasteiger partial charge in [0, 0.05) is 13.2 Å². The Morgan fingerprint density at radius 2 is 2.17 bits per heavy atom. The molecule has 1 aliphatic heterocycles. The average molecular weight is 244 g/mol. The molecule has 1 aliphatic rings. The molecular formula is C17H24O. The Balaban J connectivity index is 1.84. The monoisotopic (exact) mass is 244 g/mol. The smallest absolute Gasteiger partial charge is 0.0497 e. The zero-order valence-electron chi connectivity index (χ0n) is 11.3. The molecule has 0 saturated carbocycles. The van der Waals surface area contributed by atoms with Crippen molar-refractivity contribution in [3.05, 3.63) is 42.0 Å². The maximum absolute atomic E-state index is 5.61. The Hall–Kier alpha value is -1.08. The minimum absolute atomic E-state index is 0.768. The highest BCUT2D eigenvalue weighted by atomic mass is 16.5. The third kappa shape index (κ3) is 3.99. The standard InChI is InChI=1S/C17H24O/c1-2-16(17-12-7-13-18-14-17)11-6-10-15-8-4-3-5-9-15/h3-6,8-10,16-17H,2,7,11-14H2,1H3. The van der Waals surface area contributed by atoms with Crippen molar-refractivity contribution in [2.24, 2.45) is 11.8 Å². The lowest BCUT2D eigenvalue weighted by Gasteiger charge is -2.28. The number of hydrogen-bond donors (Lipinski definition) is 0. The summed E-state index contributed by atoms with van der Waals surface area (Å²) in [5.74, 6) is 1.55. The fourth-order valence-electron chi connectivity index (χ4n) is 2.77. The number of rotatable bonds is 5. The van der Waals surface area contributed by atoms with Gasteiger partial charge in [0.15, 0.2) is 0 Å². The molecule has 0 bridgehead atoms. The molecule has 1 nitrogen and oxygen atoms in total. The van der Waals surface area contributed by atoms with Crippen LogP contribution in [-0.2, 0) is 4.74 Å². The molecule has 0 aromatic heterocycles. The molecule has 1 aromatic rings. The molecule has 0 amide bonds. The maximum atomic E-state index is 5.61. The Morgan fingerprint density at radius 1 is 1.33 bits per heavy atom. The predicted molar refractivity (Wildman–Crippen MR) is 77.4 cm³/mol. The van der Waals surface area contributed by atoms with E-state index in [9.17, 15) is 0 Å². The van der Waals surface area contributed by atoms with E-state index in [0.29, 0.717) is 0 Å². The van der Waals surface area contributed by atoms with E-state index in [-0.39, 0.29) is 0 Å². The Kier molecular flexibility index (Phi) is 5.47. The normalized spacial score (nSPS) is 22.2. The van der Waals surface area contributed by atoms with Gasteiger partial charge in [0.25, 0.3) is 0 Å². The SMILES string of the molecule is CCC(CC=Cc1ccccc1)C1CCCOC1. The third-order valence-electron chi connectivity index (χ3n) is 3.94. The Labute approximate surface area is 111 Å². The molecule has 0 N–H and O–H groups in total. The third-order valence-corrected chi connectivity index (χ3v) is 3.94. The zero-order chi connectivity index (χ0) is 12.6. The van der Waals surface area contributed by atoms with E-state index >= 15 is 0 Å². The van der Waals surface area contributed by atoms with Gasteiger partial charge in [0.2, 0.25) is 0 Å². The maximum Gasteiger partial charge on any atom is 0.0497 e. The van der Waals surface area contributed by atoms with Crippen LogP contribution >= 0.6 is 0 Å². The lowest BCUT2D eigenvalue weighted by atomic mass is 9.83. The van der Waals surface area contributed by atoms with Crippen molar-refractivity contribution < 1.29 is 4.74 Å². The molecular weight excluding hydrogens is 220 g/mol. The van der Waals surface area contributed by atoms with Crippen LogP contribution in [0.15, 0.2) is 36.4 Å². The minimum Gasteiger partial charge on any atom is -0.381 e. The van der Waals surface area contributed by atoms with Crippen LogP contribution in [-0.4, -0.2) is 13.2 Å². The van der Waals surface area contributed by atoms with E-state index in [4.69, 9.17) is 4.74 Å². The summed E-state index contributed by atoms with van der Waals surface area (Å²) in [6.45, 7) is 4.24. The summed E-state index contributed by atoms with van der Waals surface area (Å²) in [7, 11) is 0. The van der Waals surface area contributed by atoms with Gasteiger partial charge in [-0.3, -0.25) is 0 Å². The molecule has 1 heterocycles. The van der Waals surface area contributed by atoms with Crippen molar-refractivity contribution in [2.75, 3.05) is 13.2 Å². The number of benzene rings is 1. The van der Waals surface area contributed by atoms with Crippen molar-refractivity contribution >= 4 is 6.08 Å². The topological polar surface area (TPSA) is 9.23 Å². The van der Waals surface area contributed by atoms with Crippen molar-refractivity contribution in [2.45, 2.75) is 32.6 Å². The summed E-state index contributed by atoms with van der Waals surface area (Å²) >= 11 is 0. The molecule has 2 unspecified atom stereocenters. The van der Waals surface area contributed by atoms with E-state index < -0.39 is 0 Å². The molecule has 1 aromatic carbocycles. The van der Waals surface area contributed by atoms with Gasteiger partial charge in [-0.15, -0.1) is 0 Å². The molecule has 0 radical (unpaired) electrons. The van der Waals surface area contributed by atoms with Crippen molar-refractivity contribution in [3.8, 4) is 0 Å². The lowest BCUT2D eigenvalue weighted by Crippen LogP contribution is -2.24. The van der Waals surface area contributed by atoms with Crippen LogP contribution in [0.4, 0.5) is 0 Å². The summed E-state index contributed by atoms with van der Waals surface area (Å²) in [6.07, 6.45) is 9.60. The van der Waals surface area contributed by atoms with Crippen LogP contribution in [0.3, 0.4) is 0 Å². The molecule has 18 heavy (non-hydrogen) atoms. The highest BCUT2D eigenvalue weighted by Crippen LogP contribution is 2.27. The highest BCUT2D eigenvalue weighted by molar-refractivity contribution is 5.48. The van der Waals surface area contributed by atoms with Crippen LogP contribution in [0, 0.1) is 11.8 Å². The summed E-state index contributed by atoms with van der Waals surface area (Å²) in [4.78, 5) is 0. The van der Waals surface area contributed by atoms with E-state index in [2.05, 4.69) is 49.4 Å². The number of hydrogen-bond acceptors (Lipinski definition) is 1. The predicted octanol–water partition coefficient (Wildman–Crippen LogP) is 4.54. The van der Waals surface area contributed by atoms with E-state index in [0.717, 1.165) is 25.0 Å². The average Bonchev–Trinajstić information content (AvgIpc) is 2.46. The van der Waals surface area contributed by atoms with E-state index in [1.807, 2.05) is 0 Å². The first kappa shape index (κ1) is 13.4. The first-order chi connectivity index (χ1) is 8.90. The fraction of sp³-hybridized carbons (Fsp3) is 0.529. The molecule has 2 rings (SSSR count). The first-order valence-corrected chi connectivity index (χ1v) is 7.19. The summed E-state index contributed by atoms with van der Waals surface area (Å²) in [5, 5.41) is 0. The Bertz CT molecular complexity index is 349. The van der Waals surface area contributed by atoms with Crippen LogP contribution in [0.5, 0.6) is 0 Å².